The maximum Gasteiger partial charge on any atom is 0.307 e. The molecule has 78 valence electrons. The van der Waals surface area contributed by atoms with Gasteiger partial charge in [-0.05, 0) is 33.6 Å². The van der Waals surface area contributed by atoms with Crippen molar-refractivity contribution in [3.8, 4) is 11.8 Å². The molecule has 0 fully saturated rings. The third-order valence-electron chi connectivity index (χ3n) is 1.81. The lowest BCUT2D eigenvalue weighted by atomic mass is 10.1. The number of hydrogen-bond acceptors (Lipinski definition) is 3. The molecule has 0 heterocycles. The van der Waals surface area contributed by atoms with Crippen molar-refractivity contribution in [2.24, 2.45) is 0 Å². The molecule has 1 aromatic carbocycles. The molecular weight excluding hydrogens is 262 g/mol. The normalized spacial score (nSPS) is 9.40. The fourth-order valence-corrected chi connectivity index (χ4v) is 1.69. The fourth-order valence-electron chi connectivity index (χ4n) is 1.16. The van der Waals surface area contributed by atoms with Crippen LogP contribution in [0.4, 0.5) is 0 Å². The van der Waals surface area contributed by atoms with Gasteiger partial charge in [-0.2, -0.15) is 5.26 Å². The molecule has 1 aromatic rings. The number of nitriles is 1. The van der Waals surface area contributed by atoms with Crippen LogP contribution >= 0.6 is 15.9 Å². The summed E-state index contributed by atoms with van der Waals surface area (Å²) in [6.45, 7) is 0. The molecule has 0 aliphatic heterocycles. The number of ether oxygens (including phenoxy) is 1. The highest BCUT2D eigenvalue weighted by Gasteiger charge is 2.11. The second-order valence-electron chi connectivity index (χ2n) is 2.83. The van der Waals surface area contributed by atoms with E-state index in [1.165, 1.54) is 13.2 Å². The van der Waals surface area contributed by atoms with Gasteiger partial charge in [0.05, 0.1) is 29.6 Å². The Bertz CT molecular complexity index is 437. The molecular formula is C10H8BrNO3. The van der Waals surface area contributed by atoms with Crippen molar-refractivity contribution < 1.29 is 14.6 Å². The molecule has 0 saturated carbocycles. The van der Waals surface area contributed by atoms with Crippen molar-refractivity contribution >= 4 is 21.9 Å². The Balaban J connectivity index is 3.25. The molecule has 0 saturated heterocycles. The highest BCUT2D eigenvalue weighted by Crippen LogP contribution is 2.30. The third kappa shape index (κ3) is 2.70. The zero-order chi connectivity index (χ0) is 11.4. The lowest BCUT2D eigenvalue weighted by Gasteiger charge is -2.08. The first-order valence-electron chi connectivity index (χ1n) is 4.06. The second-order valence-corrected chi connectivity index (χ2v) is 3.63. The van der Waals surface area contributed by atoms with Gasteiger partial charge in [0, 0.05) is 0 Å². The van der Waals surface area contributed by atoms with Crippen molar-refractivity contribution in [3.05, 3.63) is 27.7 Å². The van der Waals surface area contributed by atoms with Gasteiger partial charge in [0.25, 0.3) is 0 Å². The van der Waals surface area contributed by atoms with Crippen molar-refractivity contribution in [1.82, 2.24) is 0 Å². The first-order chi connectivity index (χ1) is 7.08. The lowest BCUT2D eigenvalue weighted by molar-refractivity contribution is -0.136. The summed E-state index contributed by atoms with van der Waals surface area (Å²) >= 11 is 3.24. The second kappa shape index (κ2) is 4.80. The van der Waals surface area contributed by atoms with Crippen LogP contribution in [0.15, 0.2) is 16.6 Å². The predicted octanol–water partition coefficient (Wildman–Crippen LogP) is 1.96. The molecule has 0 spiro atoms. The zero-order valence-corrected chi connectivity index (χ0v) is 9.54. The van der Waals surface area contributed by atoms with E-state index in [1.807, 2.05) is 6.07 Å². The van der Waals surface area contributed by atoms with Crippen LogP contribution in [0.5, 0.6) is 5.75 Å². The van der Waals surface area contributed by atoms with Crippen LogP contribution in [0.3, 0.4) is 0 Å². The van der Waals surface area contributed by atoms with Crippen molar-refractivity contribution in [1.29, 1.82) is 5.26 Å². The molecule has 15 heavy (non-hydrogen) atoms. The van der Waals surface area contributed by atoms with Gasteiger partial charge >= 0.3 is 5.97 Å². The Morgan fingerprint density at radius 3 is 2.80 bits per heavy atom. The summed E-state index contributed by atoms with van der Waals surface area (Å²) in [5.41, 5.74) is 0.907. The number of rotatable bonds is 3. The highest BCUT2D eigenvalue weighted by molar-refractivity contribution is 9.10. The number of halogens is 1. The lowest BCUT2D eigenvalue weighted by Crippen LogP contribution is -2.02. The van der Waals surface area contributed by atoms with E-state index < -0.39 is 5.97 Å². The van der Waals surface area contributed by atoms with Gasteiger partial charge in [-0.25, -0.2) is 0 Å². The summed E-state index contributed by atoms with van der Waals surface area (Å²) < 4.78 is 5.59. The average molecular weight is 270 g/mol. The quantitative estimate of drug-likeness (QED) is 0.911. The Morgan fingerprint density at radius 1 is 1.67 bits per heavy atom. The molecule has 4 nitrogen and oxygen atoms in total. The van der Waals surface area contributed by atoms with Crippen molar-refractivity contribution in [3.63, 3.8) is 0 Å². The van der Waals surface area contributed by atoms with Crippen LogP contribution in [0.25, 0.3) is 0 Å². The van der Waals surface area contributed by atoms with E-state index in [2.05, 4.69) is 15.9 Å². The molecule has 0 atom stereocenters. The van der Waals surface area contributed by atoms with Gasteiger partial charge in [-0.3, -0.25) is 4.79 Å². The monoisotopic (exact) mass is 269 g/mol. The average Bonchev–Trinajstić information content (AvgIpc) is 2.20. The van der Waals surface area contributed by atoms with Crippen LogP contribution in [0.1, 0.15) is 11.1 Å². The maximum absolute atomic E-state index is 10.6. The van der Waals surface area contributed by atoms with E-state index in [0.717, 1.165) is 0 Å². The molecule has 1 N–H and O–H groups in total. The van der Waals surface area contributed by atoms with Crippen LogP contribution in [-0.2, 0) is 11.2 Å². The summed E-state index contributed by atoms with van der Waals surface area (Å²) in [6, 6.07) is 5.03. The summed E-state index contributed by atoms with van der Waals surface area (Å²) in [5.74, 6) is -0.488. The number of carbonyl (C=O) groups is 1. The third-order valence-corrected chi connectivity index (χ3v) is 2.71. The molecule has 0 unspecified atom stereocenters. The Labute approximate surface area is 95.2 Å². The number of hydrogen-bond donors (Lipinski definition) is 1. The molecule has 0 aromatic heterocycles. The summed E-state index contributed by atoms with van der Waals surface area (Å²) in [6.07, 6.45) is -0.146. The smallest absolute Gasteiger partial charge is 0.307 e. The van der Waals surface area contributed by atoms with E-state index >= 15 is 0 Å². The van der Waals surface area contributed by atoms with Gasteiger partial charge < -0.3 is 9.84 Å². The molecule has 0 radical (unpaired) electrons. The van der Waals surface area contributed by atoms with Gasteiger partial charge in [0.15, 0.2) is 0 Å². The topological polar surface area (TPSA) is 70.3 Å². The van der Waals surface area contributed by atoms with E-state index in [-0.39, 0.29) is 6.42 Å². The number of carboxylic acids is 1. The largest absolute Gasteiger partial charge is 0.496 e. The molecule has 5 heteroatoms. The molecule has 0 aliphatic rings. The van der Waals surface area contributed by atoms with Crippen molar-refractivity contribution in [2.45, 2.75) is 6.42 Å². The van der Waals surface area contributed by atoms with Crippen LogP contribution in [-0.4, -0.2) is 18.2 Å². The molecule has 0 bridgehead atoms. The zero-order valence-electron chi connectivity index (χ0n) is 7.95. The fraction of sp³-hybridized carbons (Fsp3) is 0.200. The molecule has 0 amide bonds. The Kier molecular flexibility index (Phi) is 3.69. The number of aliphatic carboxylic acids is 1. The van der Waals surface area contributed by atoms with E-state index in [4.69, 9.17) is 15.1 Å². The summed E-state index contributed by atoms with van der Waals surface area (Å²) in [7, 11) is 1.46. The van der Waals surface area contributed by atoms with Gasteiger partial charge in [-0.15, -0.1) is 0 Å². The SMILES string of the molecule is COc1cc(C#N)cc(CC(=O)O)c1Br. The minimum absolute atomic E-state index is 0.146. The Morgan fingerprint density at radius 2 is 2.33 bits per heavy atom. The van der Waals surface area contributed by atoms with Crippen LogP contribution < -0.4 is 4.74 Å². The Hall–Kier alpha value is -1.54. The standard InChI is InChI=1S/C10H8BrNO3/c1-15-8-3-6(5-12)2-7(10(8)11)4-9(13)14/h2-3H,4H2,1H3,(H,13,14). The van der Waals surface area contributed by atoms with Crippen LogP contribution in [0.2, 0.25) is 0 Å². The maximum atomic E-state index is 10.6. The van der Waals surface area contributed by atoms with E-state index in [1.54, 1.807) is 6.07 Å². The number of carboxylic acid groups (broad SMARTS) is 1. The number of nitrogens with zero attached hydrogens (tertiary/aromatic N) is 1. The summed E-state index contributed by atoms with van der Waals surface area (Å²) in [5, 5.41) is 17.4. The van der Waals surface area contributed by atoms with Gasteiger partial charge in [0.1, 0.15) is 5.75 Å². The molecule has 1 rings (SSSR count). The molecule has 0 aliphatic carbocycles. The summed E-state index contributed by atoms with van der Waals surface area (Å²) in [4.78, 5) is 10.6. The first-order valence-corrected chi connectivity index (χ1v) is 4.86. The minimum Gasteiger partial charge on any atom is -0.496 e. The predicted molar refractivity (Wildman–Crippen MR) is 56.7 cm³/mol. The van der Waals surface area contributed by atoms with Gasteiger partial charge in [0.2, 0.25) is 0 Å². The first kappa shape index (κ1) is 11.5. The van der Waals surface area contributed by atoms with Gasteiger partial charge in [-0.1, -0.05) is 0 Å². The number of methoxy groups -OCH3 is 1. The van der Waals surface area contributed by atoms with E-state index in [9.17, 15) is 4.79 Å². The highest BCUT2D eigenvalue weighted by atomic mass is 79.9. The van der Waals surface area contributed by atoms with Crippen LogP contribution in [0, 0.1) is 11.3 Å². The number of benzene rings is 1. The minimum atomic E-state index is -0.951. The van der Waals surface area contributed by atoms with Crippen molar-refractivity contribution in [2.75, 3.05) is 7.11 Å². The van der Waals surface area contributed by atoms with E-state index in [0.29, 0.717) is 21.3 Å².